The number of carbonyl (C=O) groups is 1. The third kappa shape index (κ3) is 3.89. The molecule has 5 aromatic rings. The van der Waals surface area contributed by atoms with Crippen LogP contribution in [0.2, 0.25) is 0 Å². The maximum Gasteiger partial charge on any atom is 0.291 e. The number of thiazole rings is 1. The molecule has 1 aliphatic rings. The largest absolute Gasteiger partial charge is 0.490 e. The van der Waals surface area contributed by atoms with E-state index in [-0.39, 0.29) is 22.6 Å². The first kappa shape index (κ1) is 22.8. The molecule has 1 amide bonds. The first-order chi connectivity index (χ1) is 18.0. The number of aromatic nitrogens is 3. The molecule has 0 saturated heterocycles. The van der Waals surface area contributed by atoms with Crippen molar-refractivity contribution in [1.82, 2.24) is 14.6 Å². The number of carbonyl (C=O) groups excluding carboxylic acids is 1. The van der Waals surface area contributed by atoms with Gasteiger partial charge in [-0.05, 0) is 36.4 Å². The van der Waals surface area contributed by atoms with Crippen LogP contribution < -0.4 is 19.7 Å². The Hall–Kier alpha value is -4.63. The summed E-state index contributed by atoms with van der Waals surface area (Å²) in [6.45, 7) is 4.08. The Morgan fingerprint density at radius 2 is 1.76 bits per heavy atom. The Kier molecular flexibility index (Phi) is 5.61. The second-order valence-electron chi connectivity index (χ2n) is 8.37. The van der Waals surface area contributed by atoms with Crippen LogP contribution in [0.15, 0.2) is 90.2 Å². The smallest absolute Gasteiger partial charge is 0.291 e. The van der Waals surface area contributed by atoms with Crippen molar-refractivity contribution in [2.24, 2.45) is 0 Å². The van der Waals surface area contributed by atoms with Crippen LogP contribution in [0.1, 0.15) is 11.1 Å². The second kappa shape index (κ2) is 9.11. The summed E-state index contributed by atoms with van der Waals surface area (Å²) in [5.74, 6) is 0.333. The molecule has 37 heavy (non-hydrogen) atoms. The average Bonchev–Trinajstić information content (AvgIpc) is 3.55. The highest BCUT2D eigenvalue weighted by molar-refractivity contribution is 7.15. The molecule has 0 aliphatic carbocycles. The van der Waals surface area contributed by atoms with Crippen LogP contribution >= 0.6 is 11.3 Å². The average molecular weight is 511 g/mol. The maximum absolute atomic E-state index is 14.4. The van der Waals surface area contributed by atoms with Gasteiger partial charge in [0, 0.05) is 16.7 Å². The number of hydrogen-bond acceptors (Lipinski definition) is 6. The van der Waals surface area contributed by atoms with Crippen LogP contribution in [0.5, 0.6) is 5.75 Å². The summed E-state index contributed by atoms with van der Waals surface area (Å²) in [4.78, 5) is 33.4. The van der Waals surface area contributed by atoms with Crippen molar-refractivity contribution < 1.29 is 13.9 Å². The minimum Gasteiger partial charge on any atom is -0.490 e. The van der Waals surface area contributed by atoms with E-state index in [2.05, 4.69) is 16.7 Å². The van der Waals surface area contributed by atoms with E-state index in [1.807, 2.05) is 18.2 Å². The number of ether oxygens (including phenoxy) is 1. The van der Waals surface area contributed by atoms with Crippen LogP contribution in [0.25, 0.3) is 21.9 Å². The van der Waals surface area contributed by atoms with Crippen molar-refractivity contribution in [3.05, 3.63) is 117 Å². The molecule has 0 saturated carbocycles. The Morgan fingerprint density at radius 1 is 1.00 bits per heavy atom. The predicted molar refractivity (Wildman–Crippen MR) is 140 cm³/mol. The van der Waals surface area contributed by atoms with Crippen LogP contribution in [-0.2, 0) is 11.3 Å². The van der Waals surface area contributed by atoms with Gasteiger partial charge in [0.05, 0.1) is 17.8 Å². The monoisotopic (exact) mass is 510 g/mol. The van der Waals surface area contributed by atoms with Gasteiger partial charge >= 0.3 is 0 Å². The Bertz CT molecular complexity index is 1790. The Labute approximate surface area is 214 Å². The molecule has 7 nitrogen and oxygen atoms in total. The number of halogens is 1. The molecule has 0 atom stereocenters. The lowest BCUT2D eigenvalue weighted by molar-refractivity contribution is -0.113. The van der Waals surface area contributed by atoms with Crippen LogP contribution in [-0.4, -0.2) is 27.1 Å². The van der Waals surface area contributed by atoms with Gasteiger partial charge in [0.15, 0.2) is 5.82 Å². The molecule has 0 fully saturated rings. The van der Waals surface area contributed by atoms with Gasteiger partial charge in [-0.15, -0.1) is 5.10 Å². The van der Waals surface area contributed by atoms with Gasteiger partial charge in [0.25, 0.3) is 11.5 Å². The van der Waals surface area contributed by atoms with E-state index in [0.717, 1.165) is 16.9 Å². The molecule has 0 unspecified atom stereocenters. The van der Waals surface area contributed by atoms with E-state index < -0.39 is 11.4 Å². The molecule has 9 heteroatoms. The van der Waals surface area contributed by atoms with Crippen molar-refractivity contribution >= 4 is 33.5 Å². The SMILES string of the molecule is C=CCOc1ccc(-c2nc3s/c(=C4/C(=O)N(Cc5ccccc5F)c5ccccc54)c(=O)n3n2)cc1. The number of amides is 1. The molecular formula is C28H19FN4O3S. The van der Waals surface area contributed by atoms with Gasteiger partial charge in [0.2, 0.25) is 4.96 Å². The third-order valence-electron chi connectivity index (χ3n) is 6.07. The van der Waals surface area contributed by atoms with E-state index in [0.29, 0.717) is 40.0 Å². The molecule has 0 spiro atoms. The summed E-state index contributed by atoms with van der Waals surface area (Å²) in [5, 5.41) is 4.40. The zero-order valence-electron chi connectivity index (χ0n) is 19.4. The predicted octanol–water partition coefficient (Wildman–Crippen LogP) is 3.99. The molecule has 0 N–H and O–H groups in total. The summed E-state index contributed by atoms with van der Waals surface area (Å²) in [5.41, 5.74) is 2.23. The summed E-state index contributed by atoms with van der Waals surface area (Å²) in [6.07, 6.45) is 1.66. The fourth-order valence-electron chi connectivity index (χ4n) is 4.32. The number of nitrogens with zero attached hydrogens (tertiary/aromatic N) is 4. The third-order valence-corrected chi connectivity index (χ3v) is 7.10. The molecule has 3 heterocycles. The maximum atomic E-state index is 14.4. The topological polar surface area (TPSA) is 76.8 Å². The Morgan fingerprint density at radius 3 is 2.51 bits per heavy atom. The van der Waals surface area contributed by atoms with E-state index in [1.165, 1.54) is 15.5 Å². The van der Waals surface area contributed by atoms with Crippen LogP contribution in [0.3, 0.4) is 0 Å². The number of rotatable bonds is 6. The van der Waals surface area contributed by atoms with E-state index >= 15 is 0 Å². The molecule has 0 radical (unpaired) electrons. The highest BCUT2D eigenvalue weighted by atomic mass is 32.1. The van der Waals surface area contributed by atoms with Crippen LogP contribution in [0.4, 0.5) is 10.1 Å². The molecule has 182 valence electrons. The molecule has 0 bridgehead atoms. The molecule has 6 rings (SSSR count). The minimum absolute atomic E-state index is 0.0532. The van der Waals surface area contributed by atoms with Crippen molar-refractivity contribution in [3.8, 4) is 17.1 Å². The minimum atomic E-state index is -0.421. The van der Waals surface area contributed by atoms with Gasteiger partial charge in [-0.3, -0.25) is 9.59 Å². The fourth-order valence-corrected chi connectivity index (χ4v) is 5.31. The Balaban J connectivity index is 1.42. The summed E-state index contributed by atoms with van der Waals surface area (Å²) in [7, 11) is 0. The quantitative estimate of drug-likeness (QED) is 0.323. The molecular weight excluding hydrogens is 491 g/mol. The lowest BCUT2D eigenvalue weighted by Crippen LogP contribution is -2.32. The van der Waals surface area contributed by atoms with Gasteiger partial charge in [-0.1, -0.05) is 60.4 Å². The lowest BCUT2D eigenvalue weighted by atomic mass is 10.1. The van der Waals surface area contributed by atoms with Crippen molar-refractivity contribution in [1.29, 1.82) is 0 Å². The van der Waals surface area contributed by atoms with Gasteiger partial charge in [0.1, 0.15) is 22.7 Å². The number of benzene rings is 3. The zero-order chi connectivity index (χ0) is 25.5. The summed E-state index contributed by atoms with van der Waals surface area (Å²) < 4.78 is 21.3. The second-order valence-corrected chi connectivity index (χ2v) is 9.34. The summed E-state index contributed by atoms with van der Waals surface area (Å²) >= 11 is 1.11. The normalized spacial score (nSPS) is 14.3. The number of anilines is 1. The number of para-hydroxylation sites is 1. The van der Waals surface area contributed by atoms with Gasteiger partial charge in [-0.25, -0.2) is 4.39 Å². The molecule has 3 aromatic carbocycles. The lowest BCUT2D eigenvalue weighted by Gasteiger charge is -2.17. The van der Waals surface area contributed by atoms with Crippen molar-refractivity contribution in [3.63, 3.8) is 0 Å². The van der Waals surface area contributed by atoms with E-state index in [9.17, 15) is 14.0 Å². The molecule has 1 aliphatic heterocycles. The first-order valence-corrected chi connectivity index (χ1v) is 12.3. The zero-order valence-corrected chi connectivity index (χ0v) is 20.2. The van der Waals surface area contributed by atoms with Gasteiger partial charge < -0.3 is 9.64 Å². The van der Waals surface area contributed by atoms with E-state index in [4.69, 9.17) is 4.74 Å². The van der Waals surface area contributed by atoms with Crippen LogP contribution in [0, 0.1) is 5.82 Å². The highest BCUT2D eigenvalue weighted by Crippen LogP contribution is 2.36. The number of fused-ring (bicyclic) bond motifs is 2. The molecule has 2 aromatic heterocycles. The standard InChI is InChI=1S/C28H19FN4O3S/c1-2-15-36-19-13-11-17(12-14-19)25-30-28-33(31-25)27(35)24(37-28)23-20-8-4-6-10-22(20)32(26(23)34)16-18-7-3-5-9-21(18)29/h2-14H,1,15-16H2/b24-23+. The first-order valence-electron chi connectivity index (χ1n) is 11.5. The fraction of sp³-hybridized carbons (Fsp3) is 0.0714. The van der Waals surface area contributed by atoms with Crippen molar-refractivity contribution in [2.75, 3.05) is 11.5 Å². The van der Waals surface area contributed by atoms with E-state index in [1.54, 1.807) is 54.6 Å². The van der Waals surface area contributed by atoms with Crippen molar-refractivity contribution in [2.45, 2.75) is 6.54 Å². The number of hydrogen-bond donors (Lipinski definition) is 0. The van der Waals surface area contributed by atoms with Gasteiger partial charge in [-0.2, -0.15) is 9.50 Å². The summed E-state index contributed by atoms with van der Waals surface area (Å²) in [6, 6.07) is 20.8. The highest BCUT2D eigenvalue weighted by Gasteiger charge is 2.34.